The molecule has 0 saturated carbocycles. The van der Waals surface area contributed by atoms with Gasteiger partial charge in [0.2, 0.25) is 5.75 Å². The summed E-state index contributed by atoms with van der Waals surface area (Å²) in [6.07, 6.45) is 0. The summed E-state index contributed by atoms with van der Waals surface area (Å²) < 4.78 is 30.2. The van der Waals surface area contributed by atoms with Crippen molar-refractivity contribution in [3.63, 3.8) is 0 Å². The highest BCUT2D eigenvalue weighted by Gasteiger charge is 2.27. The molecule has 0 spiro atoms. The minimum Gasteiger partial charge on any atom is -0.501 e. The van der Waals surface area contributed by atoms with Crippen LogP contribution in [0, 0.1) is 10.1 Å². The van der Waals surface area contributed by atoms with Crippen molar-refractivity contribution >= 4 is 21.5 Å². The molecule has 0 aromatic heterocycles. The van der Waals surface area contributed by atoms with E-state index in [1.165, 1.54) is 0 Å². The first-order valence-corrected chi connectivity index (χ1v) is 4.92. The van der Waals surface area contributed by atoms with Gasteiger partial charge in [0.25, 0.3) is 0 Å². The first-order valence-electron chi connectivity index (χ1n) is 3.48. The second-order valence-electron chi connectivity index (χ2n) is 2.58. The molecule has 0 aliphatic carbocycles. The van der Waals surface area contributed by atoms with Gasteiger partial charge in [-0.25, -0.2) is 0 Å². The predicted octanol–water partition coefficient (Wildman–Crippen LogP) is 0.129. The van der Waals surface area contributed by atoms with Gasteiger partial charge in [-0.15, -0.1) is 0 Å². The lowest BCUT2D eigenvalue weighted by Crippen LogP contribution is -2.05. The topological polar surface area (TPSA) is 144 Å². The molecule has 1 aromatic carbocycles. The molecule has 4 N–H and O–H groups in total. The Morgan fingerprint density at radius 3 is 2.33 bits per heavy atom. The van der Waals surface area contributed by atoms with Crippen LogP contribution >= 0.6 is 0 Å². The molecule has 1 rings (SSSR count). The van der Waals surface area contributed by atoms with Crippen LogP contribution in [0.1, 0.15) is 0 Å². The van der Waals surface area contributed by atoms with Crippen LogP contribution < -0.4 is 5.73 Å². The largest absolute Gasteiger partial charge is 0.501 e. The summed E-state index contributed by atoms with van der Waals surface area (Å²) in [6, 6.07) is 1.74. The number of nitrogen functional groups attached to an aromatic ring is 1. The highest BCUT2D eigenvalue weighted by Crippen LogP contribution is 2.36. The zero-order valence-electron chi connectivity index (χ0n) is 7.11. The number of hydrogen-bond donors (Lipinski definition) is 3. The monoisotopic (exact) mass is 234 g/mol. The number of nitrogens with two attached hydrogens (primary N) is 1. The Kier molecular flexibility index (Phi) is 2.51. The van der Waals surface area contributed by atoms with E-state index in [-0.39, 0.29) is 0 Å². The lowest BCUT2D eigenvalue weighted by atomic mass is 10.2. The normalized spacial score (nSPS) is 11.3. The van der Waals surface area contributed by atoms with E-state index in [9.17, 15) is 23.6 Å². The van der Waals surface area contributed by atoms with Crippen molar-refractivity contribution in [1.82, 2.24) is 0 Å². The number of anilines is 1. The number of nitrogens with zero attached hydrogens (tertiary/aromatic N) is 1. The van der Waals surface area contributed by atoms with Crippen molar-refractivity contribution in [3.8, 4) is 5.75 Å². The average molecular weight is 234 g/mol. The summed E-state index contributed by atoms with van der Waals surface area (Å²) in [6.45, 7) is 0. The molecule has 0 heterocycles. The zero-order valence-corrected chi connectivity index (χ0v) is 7.93. The van der Waals surface area contributed by atoms with Crippen LogP contribution in [0.2, 0.25) is 0 Å². The number of benzene rings is 1. The minimum absolute atomic E-state index is 0.472. The van der Waals surface area contributed by atoms with Crippen LogP contribution in [-0.2, 0) is 10.1 Å². The van der Waals surface area contributed by atoms with Crippen molar-refractivity contribution in [1.29, 1.82) is 0 Å². The smallest absolute Gasteiger partial charge is 0.312 e. The lowest BCUT2D eigenvalue weighted by Gasteiger charge is -2.04. The van der Waals surface area contributed by atoms with Crippen molar-refractivity contribution in [3.05, 3.63) is 22.2 Å². The molecule has 0 atom stereocenters. The molecule has 0 bridgehead atoms. The maximum absolute atomic E-state index is 10.7. The van der Waals surface area contributed by atoms with Crippen LogP contribution in [0.3, 0.4) is 0 Å². The third-order valence-corrected chi connectivity index (χ3v) is 2.54. The van der Waals surface area contributed by atoms with Crippen LogP contribution in [0.25, 0.3) is 0 Å². The van der Waals surface area contributed by atoms with E-state index < -0.39 is 37.1 Å². The van der Waals surface area contributed by atoms with Crippen LogP contribution in [0.4, 0.5) is 11.4 Å². The maximum atomic E-state index is 10.7. The van der Waals surface area contributed by atoms with Gasteiger partial charge in [-0.2, -0.15) is 8.42 Å². The second-order valence-corrected chi connectivity index (χ2v) is 3.94. The molecule has 0 saturated heterocycles. The van der Waals surface area contributed by atoms with E-state index in [1.54, 1.807) is 0 Å². The summed E-state index contributed by atoms with van der Waals surface area (Å²) in [4.78, 5) is 8.29. The molecule has 1 aromatic rings. The molecule has 82 valence electrons. The highest BCUT2D eigenvalue weighted by atomic mass is 32.2. The molecule has 0 aliphatic rings. The fourth-order valence-corrected chi connectivity index (χ4v) is 1.71. The number of phenols is 1. The first-order chi connectivity index (χ1) is 6.75. The molecule has 15 heavy (non-hydrogen) atoms. The van der Waals surface area contributed by atoms with E-state index in [0.717, 1.165) is 12.1 Å². The number of nitro benzene ring substituents is 1. The summed E-state index contributed by atoms with van der Waals surface area (Å²) >= 11 is 0. The molecule has 0 amide bonds. The van der Waals surface area contributed by atoms with Gasteiger partial charge < -0.3 is 10.8 Å². The third kappa shape index (κ3) is 1.97. The number of nitro groups is 1. The van der Waals surface area contributed by atoms with Gasteiger partial charge in [-0.1, -0.05) is 0 Å². The van der Waals surface area contributed by atoms with E-state index in [4.69, 9.17) is 10.3 Å². The Bertz CT molecular complexity index is 523. The van der Waals surface area contributed by atoms with E-state index in [1.807, 2.05) is 0 Å². The van der Waals surface area contributed by atoms with Gasteiger partial charge in [0.1, 0.15) is 0 Å². The van der Waals surface area contributed by atoms with E-state index in [2.05, 4.69) is 0 Å². The molecular formula is C6H6N2O6S. The maximum Gasteiger partial charge on any atom is 0.312 e. The van der Waals surface area contributed by atoms with E-state index >= 15 is 0 Å². The van der Waals surface area contributed by atoms with Crippen molar-refractivity contribution < 1.29 is 23.0 Å². The van der Waals surface area contributed by atoms with Crippen molar-refractivity contribution in [2.45, 2.75) is 4.90 Å². The van der Waals surface area contributed by atoms with Crippen LogP contribution in [-0.4, -0.2) is 23.0 Å². The van der Waals surface area contributed by atoms with E-state index in [0.29, 0.717) is 0 Å². The first kappa shape index (κ1) is 11.2. The Morgan fingerprint density at radius 1 is 1.40 bits per heavy atom. The van der Waals surface area contributed by atoms with Gasteiger partial charge in [-0.3, -0.25) is 14.7 Å². The number of hydrogen-bond acceptors (Lipinski definition) is 6. The SMILES string of the molecule is Nc1ccc([N+](=O)[O-])c(O)c1S(=O)(=O)O. The average Bonchev–Trinajstić information content (AvgIpc) is 2.00. The molecule has 0 unspecified atom stereocenters. The Balaban J connectivity index is 3.66. The van der Waals surface area contributed by atoms with Gasteiger partial charge in [0, 0.05) is 6.07 Å². The number of rotatable bonds is 2. The zero-order chi connectivity index (χ0) is 11.8. The summed E-state index contributed by atoms with van der Waals surface area (Å²) in [5.74, 6) is -1.18. The van der Waals surface area contributed by atoms with Crippen molar-refractivity contribution in [2.75, 3.05) is 5.73 Å². The third-order valence-electron chi connectivity index (χ3n) is 1.60. The van der Waals surface area contributed by atoms with Crippen molar-refractivity contribution in [2.24, 2.45) is 0 Å². The minimum atomic E-state index is -4.80. The quantitative estimate of drug-likeness (QED) is 0.285. The molecule has 0 aliphatic heterocycles. The van der Waals surface area contributed by atoms with Crippen LogP contribution in [0.15, 0.2) is 17.0 Å². The number of aromatic hydroxyl groups is 1. The summed E-state index contributed by atoms with van der Waals surface area (Å²) in [7, 11) is -4.80. The summed E-state index contributed by atoms with van der Waals surface area (Å²) in [5, 5.41) is 19.6. The standard InChI is InChI=1S/C6H6N2O6S/c7-3-1-2-4(8(10)11)5(9)6(3)15(12,13)14/h1-2,9H,7H2,(H,12,13,14). The molecule has 0 fully saturated rings. The molecular weight excluding hydrogens is 228 g/mol. The van der Waals surface area contributed by atoms with Gasteiger partial charge in [-0.05, 0) is 6.07 Å². The van der Waals surface area contributed by atoms with Gasteiger partial charge in [0.15, 0.2) is 4.90 Å². The van der Waals surface area contributed by atoms with Crippen LogP contribution in [0.5, 0.6) is 5.75 Å². The Morgan fingerprint density at radius 2 is 1.93 bits per heavy atom. The predicted molar refractivity (Wildman–Crippen MR) is 49.0 cm³/mol. The van der Waals surface area contributed by atoms with Gasteiger partial charge in [0.05, 0.1) is 10.6 Å². The van der Waals surface area contributed by atoms with Gasteiger partial charge >= 0.3 is 15.8 Å². The summed E-state index contributed by atoms with van der Waals surface area (Å²) in [5.41, 5.74) is 3.83. The Labute approximate surface area is 83.8 Å². The fourth-order valence-electron chi connectivity index (χ4n) is 0.995. The molecule has 9 heteroatoms. The number of phenolic OH excluding ortho intramolecular Hbond substituents is 1. The lowest BCUT2D eigenvalue weighted by molar-refractivity contribution is -0.386. The Hall–Kier alpha value is -1.87. The molecule has 0 radical (unpaired) electrons. The fraction of sp³-hybridized carbons (Fsp3) is 0. The molecule has 8 nitrogen and oxygen atoms in total. The highest BCUT2D eigenvalue weighted by molar-refractivity contribution is 7.86. The second kappa shape index (κ2) is 3.37.